The Hall–Kier alpha value is -6.06. The van der Waals surface area contributed by atoms with Gasteiger partial charge in [0.15, 0.2) is 0 Å². The highest BCUT2D eigenvalue weighted by Gasteiger charge is 2.34. The SMILES string of the molecule is c1ccc2c(c1)-c1cc3c4c5ccccc5ccc4n(-c4ccc5c6c(cccc46)-c4nccnc4-5)c3c3c1CCC2c1ccccc1-3. The molecule has 3 nitrogen and oxygen atoms in total. The molecule has 222 valence electrons. The van der Waals surface area contributed by atoms with E-state index in [0.29, 0.717) is 5.92 Å². The van der Waals surface area contributed by atoms with E-state index in [9.17, 15) is 0 Å². The standard InChI is InChI=1S/C45H27N3/c1-2-9-26-25(8-1)16-20-39-41(26)37-24-36-29-12-4-3-10-27(29)30-17-18-32(36)42(31-13-6-5-11-28(30)31)45(37)48(39)38-21-19-35-40-33(38)14-7-15-34(40)43-44(35)47-23-22-46-43/h1-16,19-24,30H,17-18H2. The van der Waals surface area contributed by atoms with Crippen LogP contribution in [-0.2, 0) is 6.42 Å². The van der Waals surface area contributed by atoms with Gasteiger partial charge in [-0.2, -0.15) is 0 Å². The maximum atomic E-state index is 4.79. The van der Waals surface area contributed by atoms with Gasteiger partial charge in [0.05, 0.1) is 28.1 Å². The number of hydrogen-bond donors (Lipinski definition) is 0. The van der Waals surface area contributed by atoms with Crippen LogP contribution in [0.15, 0.2) is 134 Å². The lowest BCUT2D eigenvalue weighted by atomic mass is 9.80. The van der Waals surface area contributed by atoms with Gasteiger partial charge in [-0.05, 0) is 81.3 Å². The normalized spacial score (nSPS) is 15.1. The first kappa shape index (κ1) is 25.1. The minimum absolute atomic E-state index is 0.367. The molecule has 48 heavy (non-hydrogen) atoms. The Morgan fingerprint density at radius 1 is 0.542 bits per heavy atom. The lowest BCUT2D eigenvalue weighted by Crippen LogP contribution is -2.05. The van der Waals surface area contributed by atoms with Gasteiger partial charge in [0, 0.05) is 56.5 Å². The molecule has 1 atom stereocenters. The van der Waals surface area contributed by atoms with Crippen LogP contribution in [0.25, 0.3) is 93.8 Å². The van der Waals surface area contributed by atoms with Crippen molar-refractivity contribution in [3.63, 3.8) is 0 Å². The zero-order chi connectivity index (χ0) is 31.1. The largest absolute Gasteiger partial charge is 0.308 e. The highest BCUT2D eigenvalue weighted by Crippen LogP contribution is 2.55. The summed E-state index contributed by atoms with van der Waals surface area (Å²) in [5.41, 5.74) is 17.9. The third kappa shape index (κ3) is 2.96. The molecule has 1 unspecified atom stereocenters. The van der Waals surface area contributed by atoms with Crippen LogP contribution in [-0.4, -0.2) is 14.5 Å². The minimum atomic E-state index is 0.367. The van der Waals surface area contributed by atoms with Crippen LogP contribution < -0.4 is 0 Å². The van der Waals surface area contributed by atoms with Gasteiger partial charge >= 0.3 is 0 Å². The molecular weight excluding hydrogens is 583 g/mol. The number of nitrogens with zero attached hydrogens (tertiary/aromatic N) is 3. The smallest absolute Gasteiger partial charge is 0.0971 e. The van der Waals surface area contributed by atoms with Crippen molar-refractivity contribution in [3.05, 3.63) is 150 Å². The van der Waals surface area contributed by atoms with Crippen LogP contribution >= 0.6 is 0 Å². The highest BCUT2D eigenvalue weighted by molar-refractivity contribution is 6.26. The first-order chi connectivity index (χ1) is 23.8. The zero-order valence-corrected chi connectivity index (χ0v) is 26.0. The average molecular weight is 610 g/mol. The Balaban J connectivity index is 1.33. The van der Waals surface area contributed by atoms with Crippen molar-refractivity contribution >= 4 is 43.4 Å². The fraction of sp³-hybridized carbons (Fsp3) is 0.0667. The molecule has 0 fully saturated rings. The van der Waals surface area contributed by atoms with Crippen molar-refractivity contribution in [1.29, 1.82) is 0 Å². The zero-order valence-electron chi connectivity index (χ0n) is 26.0. The molecule has 0 saturated carbocycles. The van der Waals surface area contributed by atoms with E-state index < -0.39 is 0 Å². The van der Waals surface area contributed by atoms with E-state index in [2.05, 4.69) is 126 Å². The summed E-state index contributed by atoms with van der Waals surface area (Å²) in [6.07, 6.45) is 5.78. The average Bonchev–Trinajstić information content (AvgIpc) is 3.52. The van der Waals surface area contributed by atoms with E-state index in [4.69, 9.17) is 9.97 Å². The molecule has 0 amide bonds. The maximum absolute atomic E-state index is 4.79. The third-order valence-corrected chi connectivity index (χ3v) is 11.4. The second-order valence-electron chi connectivity index (χ2n) is 13.6. The molecule has 12 rings (SSSR count). The molecule has 0 saturated heterocycles. The van der Waals surface area contributed by atoms with E-state index >= 15 is 0 Å². The molecule has 0 radical (unpaired) electrons. The molecule has 2 aromatic heterocycles. The molecule has 3 heteroatoms. The molecule has 3 aliphatic carbocycles. The van der Waals surface area contributed by atoms with Crippen molar-refractivity contribution in [2.75, 3.05) is 0 Å². The van der Waals surface area contributed by atoms with Gasteiger partial charge in [-0.25, -0.2) is 0 Å². The molecule has 2 bridgehead atoms. The van der Waals surface area contributed by atoms with E-state index in [1.54, 1.807) is 0 Å². The van der Waals surface area contributed by atoms with E-state index in [1.165, 1.54) is 99.1 Å². The molecule has 0 aliphatic heterocycles. The topological polar surface area (TPSA) is 30.7 Å². The second kappa shape index (κ2) is 8.84. The first-order valence-electron chi connectivity index (χ1n) is 16.9. The lowest BCUT2D eigenvalue weighted by molar-refractivity contribution is 0.736. The summed E-state index contributed by atoms with van der Waals surface area (Å²) in [5.74, 6) is 0.367. The summed E-state index contributed by atoms with van der Waals surface area (Å²) < 4.78 is 2.59. The Kier molecular flexibility index (Phi) is 4.62. The van der Waals surface area contributed by atoms with Crippen LogP contribution in [0.2, 0.25) is 0 Å². The van der Waals surface area contributed by atoms with E-state index in [0.717, 1.165) is 24.2 Å². The Labute approximate surface area is 276 Å². The molecule has 3 aliphatic rings. The number of fused-ring (bicyclic) bond motifs is 17. The van der Waals surface area contributed by atoms with Gasteiger partial charge in [-0.3, -0.25) is 9.97 Å². The Morgan fingerprint density at radius 3 is 2.12 bits per heavy atom. The van der Waals surface area contributed by atoms with Crippen LogP contribution in [0.1, 0.15) is 29.0 Å². The maximum Gasteiger partial charge on any atom is 0.0971 e. The minimum Gasteiger partial charge on any atom is -0.308 e. The van der Waals surface area contributed by atoms with Crippen LogP contribution in [0.3, 0.4) is 0 Å². The molecule has 9 aromatic rings. The van der Waals surface area contributed by atoms with E-state index in [1.807, 2.05) is 12.4 Å². The Morgan fingerprint density at radius 2 is 1.25 bits per heavy atom. The van der Waals surface area contributed by atoms with Crippen molar-refractivity contribution < 1.29 is 0 Å². The molecule has 0 spiro atoms. The summed E-state index contributed by atoms with van der Waals surface area (Å²) in [4.78, 5) is 9.58. The predicted octanol–water partition coefficient (Wildman–Crippen LogP) is 11.3. The Bertz CT molecular complexity index is 2880. The number of benzene rings is 7. The molecule has 7 aromatic carbocycles. The van der Waals surface area contributed by atoms with Crippen molar-refractivity contribution in [3.8, 4) is 50.5 Å². The summed E-state index contributed by atoms with van der Waals surface area (Å²) in [6, 6.07) is 45.7. The van der Waals surface area contributed by atoms with Gasteiger partial charge in [-0.1, -0.05) is 97.1 Å². The predicted molar refractivity (Wildman–Crippen MR) is 197 cm³/mol. The number of aromatic nitrogens is 3. The summed E-state index contributed by atoms with van der Waals surface area (Å²) in [5, 5.41) is 7.66. The summed E-state index contributed by atoms with van der Waals surface area (Å²) >= 11 is 0. The van der Waals surface area contributed by atoms with Gasteiger partial charge in [0.2, 0.25) is 0 Å². The number of rotatable bonds is 1. The van der Waals surface area contributed by atoms with Gasteiger partial charge in [-0.15, -0.1) is 0 Å². The first-order valence-corrected chi connectivity index (χ1v) is 16.9. The van der Waals surface area contributed by atoms with Crippen LogP contribution in [0, 0.1) is 0 Å². The van der Waals surface area contributed by atoms with Crippen LogP contribution in [0.5, 0.6) is 0 Å². The fourth-order valence-corrected chi connectivity index (χ4v) is 9.58. The molecule has 2 heterocycles. The van der Waals surface area contributed by atoms with Gasteiger partial charge in [0.1, 0.15) is 0 Å². The van der Waals surface area contributed by atoms with Crippen molar-refractivity contribution in [1.82, 2.24) is 14.5 Å². The van der Waals surface area contributed by atoms with Gasteiger partial charge < -0.3 is 4.57 Å². The number of hydrogen-bond acceptors (Lipinski definition) is 2. The molecule has 0 N–H and O–H groups in total. The van der Waals surface area contributed by atoms with Crippen molar-refractivity contribution in [2.24, 2.45) is 0 Å². The van der Waals surface area contributed by atoms with Crippen molar-refractivity contribution in [2.45, 2.75) is 18.8 Å². The third-order valence-electron chi connectivity index (χ3n) is 11.4. The second-order valence-corrected chi connectivity index (χ2v) is 13.6. The quantitative estimate of drug-likeness (QED) is 0.185. The summed E-state index contributed by atoms with van der Waals surface area (Å²) in [6.45, 7) is 0. The highest BCUT2D eigenvalue weighted by atomic mass is 15.0. The van der Waals surface area contributed by atoms with Crippen LogP contribution in [0.4, 0.5) is 0 Å². The lowest BCUT2D eigenvalue weighted by Gasteiger charge is -2.25. The van der Waals surface area contributed by atoms with E-state index in [-0.39, 0.29) is 0 Å². The molecular formula is C45H27N3. The fourth-order valence-electron chi connectivity index (χ4n) is 9.58. The van der Waals surface area contributed by atoms with Gasteiger partial charge in [0.25, 0.3) is 0 Å². The monoisotopic (exact) mass is 609 g/mol. The summed E-state index contributed by atoms with van der Waals surface area (Å²) in [7, 11) is 0.